The molecule has 0 unspecified atom stereocenters. The van der Waals surface area contributed by atoms with Gasteiger partial charge in [-0.05, 0) is 35.9 Å². The van der Waals surface area contributed by atoms with Gasteiger partial charge in [0.25, 0.3) is 0 Å². The molecule has 2 aromatic carbocycles. The zero-order chi connectivity index (χ0) is 17.7. The molecule has 0 aliphatic carbocycles. The summed E-state index contributed by atoms with van der Waals surface area (Å²) in [5.41, 5.74) is 1.64. The molecule has 7 heteroatoms. The number of amides is 2. The van der Waals surface area contributed by atoms with E-state index in [1.54, 1.807) is 42.5 Å². The summed E-state index contributed by atoms with van der Waals surface area (Å²) < 4.78 is 23.5. The van der Waals surface area contributed by atoms with Crippen molar-refractivity contribution in [3.05, 3.63) is 54.1 Å². The minimum absolute atomic E-state index is 0.0449. The molecule has 2 N–H and O–H groups in total. The van der Waals surface area contributed by atoms with Gasteiger partial charge in [0.2, 0.25) is 11.8 Å². The van der Waals surface area contributed by atoms with Crippen LogP contribution >= 0.6 is 0 Å². The van der Waals surface area contributed by atoms with E-state index in [1.165, 1.54) is 13.0 Å². The van der Waals surface area contributed by atoms with Gasteiger partial charge in [0.15, 0.2) is 9.84 Å². The molecule has 2 rings (SSSR count). The monoisotopic (exact) mass is 346 g/mol. The van der Waals surface area contributed by atoms with Gasteiger partial charge in [-0.3, -0.25) is 9.59 Å². The van der Waals surface area contributed by atoms with Crippen molar-refractivity contribution in [1.82, 2.24) is 0 Å². The van der Waals surface area contributed by atoms with E-state index in [-0.39, 0.29) is 23.1 Å². The summed E-state index contributed by atoms with van der Waals surface area (Å²) in [7, 11) is -3.39. The van der Waals surface area contributed by atoms with Crippen LogP contribution in [-0.2, 0) is 25.8 Å². The van der Waals surface area contributed by atoms with Crippen LogP contribution in [0.1, 0.15) is 12.5 Å². The fourth-order valence-electron chi connectivity index (χ4n) is 2.23. The topological polar surface area (TPSA) is 92.3 Å². The molecule has 0 saturated heterocycles. The second-order valence-corrected chi connectivity index (χ2v) is 7.35. The van der Waals surface area contributed by atoms with Crippen LogP contribution in [0.3, 0.4) is 0 Å². The molecule has 2 aromatic rings. The second kappa shape index (κ2) is 7.27. The number of rotatable bonds is 5. The first-order chi connectivity index (χ1) is 11.3. The highest BCUT2D eigenvalue weighted by atomic mass is 32.2. The highest BCUT2D eigenvalue weighted by Crippen LogP contribution is 2.17. The molecular weight excluding hydrogens is 328 g/mol. The number of hydrogen-bond donors (Lipinski definition) is 2. The van der Waals surface area contributed by atoms with Crippen molar-refractivity contribution in [2.75, 3.05) is 16.9 Å². The quantitative estimate of drug-likeness (QED) is 0.868. The number of carbonyl (C=O) groups excluding carboxylic acids is 2. The lowest BCUT2D eigenvalue weighted by atomic mass is 10.1. The van der Waals surface area contributed by atoms with Gasteiger partial charge in [0.1, 0.15) is 0 Å². The fraction of sp³-hybridized carbons (Fsp3) is 0.176. The van der Waals surface area contributed by atoms with E-state index in [0.29, 0.717) is 16.9 Å². The van der Waals surface area contributed by atoms with Crippen molar-refractivity contribution < 1.29 is 18.0 Å². The first kappa shape index (κ1) is 17.7. The summed E-state index contributed by atoms with van der Waals surface area (Å²) >= 11 is 0. The largest absolute Gasteiger partial charge is 0.326 e. The first-order valence-corrected chi connectivity index (χ1v) is 9.10. The third kappa shape index (κ3) is 4.92. The Labute approximate surface area is 140 Å². The highest BCUT2D eigenvalue weighted by Gasteiger charge is 2.15. The molecule has 126 valence electrons. The summed E-state index contributed by atoms with van der Waals surface area (Å²) in [4.78, 5) is 23.3. The predicted octanol–water partition coefficient (Wildman–Crippen LogP) is 2.23. The molecule has 2 amide bonds. The lowest BCUT2D eigenvalue weighted by molar-refractivity contribution is -0.116. The standard InChI is InChI=1S/C17H18N2O4S/c1-12(20)18-14-7-9-15(10-8-14)19-17(21)11-13-5-3-4-6-16(13)24(2,22)23/h3-10H,11H2,1-2H3,(H,18,20)(H,19,21). The second-order valence-electron chi connectivity index (χ2n) is 5.36. The van der Waals surface area contributed by atoms with E-state index in [9.17, 15) is 18.0 Å². The Morgan fingerprint density at radius 2 is 1.46 bits per heavy atom. The van der Waals surface area contributed by atoms with Crippen LogP contribution in [0.5, 0.6) is 0 Å². The molecule has 0 heterocycles. The summed E-state index contributed by atoms with van der Waals surface area (Å²) in [6.45, 7) is 1.41. The van der Waals surface area contributed by atoms with Crippen molar-refractivity contribution in [3.63, 3.8) is 0 Å². The molecule has 0 bridgehead atoms. The third-order valence-corrected chi connectivity index (χ3v) is 4.41. The third-order valence-electron chi connectivity index (χ3n) is 3.21. The Morgan fingerprint density at radius 1 is 0.917 bits per heavy atom. The highest BCUT2D eigenvalue weighted by molar-refractivity contribution is 7.90. The maximum absolute atomic E-state index is 12.1. The fourth-order valence-corrected chi connectivity index (χ4v) is 3.17. The summed E-state index contributed by atoms with van der Waals surface area (Å²) in [5.74, 6) is -0.498. The van der Waals surface area contributed by atoms with Gasteiger partial charge in [-0.25, -0.2) is 8.42 Å². The first-order valence-electron chi connectivity index (χ1n) is 7.21. The van der Waals surface area contributed by atoms with Crippen molar-refractivity contribution >= 4 is 33.0 Å². The van der Waals surface area contributed by atoms with Crippen molar-refractivity contribution in [2.45, 2.75) is 18.2 Å². The van der Waals surface area contributed by atoms with Crippen LogP contribution in [0, 0.1) is 0 Å². The summed E-state index contributed by atoms with van der Waals surface area (Å²) in [6, 6.07) is 13.1. The Balaban J connectivity index is 2.08. The van der Waals surface area contributed by atoms with Gasteiger partial charge in [-0.2, -0.15) is 0 Å². The van der Waals surface area contributed by atoms with Crippen LogP contribution < -0.4 is 10.6 Å². The Bertz CT molecular complexity index is 858. The number of carbonyl (C=O) groups is 2. The molecular formula is C17H18N2O4S. The average molecular weight is 346 g/mol. The van der Waals surface area contributed by atoms with Gasteiger partial charge in [0.05, 0.1) is 11.3 Å². The van der Waals surface area contributed by atoms with E-state index in [0.717, 1.165) is 6.26 Å². The Morgan fingerprint density at radius 3 is 2.00 bits per heavy atom. The average Bonchev–Trinajstić information content (AvgIpc) is 2.48. The molecule has 0 saturated carbocycles. The smallest absolute Gasteiger partial charge is 0.228 e. The van der Waals surface area contributed by atoms with Crippen LogP contribution in [0.4, 0.5) is 11.4 Å². The molecule has 0 spiro atoms. The lowest BCUT2D eigenvalue weighted by Gasteiger charge is -2.09. The minimum atomic E-state index is -3.39. The summed E-state index contributed by atoms with van der Waals surface area (Å²) in [5, 5.41) is 5.33. The van der Waals surface area contributed by atoms with E-state index in [4.69, 9.17) is 0 Å². The predicted molar refractivity (Wildman–Crippen MR) is 92.6 cm³/mol. The van der Waals surface area contributed by atoms with E-state index >= 15 is 0 Å². The van der Waals surface area contributed by atoms with E-state index in [1.807, 2.05) is 0 Å². The van der Waals surface area contributed by atoms with Gasteiger partial charge >= 0.3 is 0 Å². The van der Waals surface area contributed by atoms with Crippen molar-refractivity contribution in [2.24, 2.45) is 0 Å². The molecule has 0 radical (unpaired) electrons. The molecule has 0 aliphatic rings. The normalized spacial score (nSPS) is 10.9. The van der Waals surface area contributed by atoms with Gasteiger partial charge < -0.3 is 10.6 Å². The number of nitrogens with one attached hydrogen (secondary N) is 2. The number of benzene rings is 2. The molecule has 6 nitrogen and oxygen atoms in total. The maximum atomic E-state index is 12.1. The summed E-state index contributed by atoms with van der Waals surface area (Å²) in [6.07, 6.45) is 1.07. The van der Waals surface area contributed by atoms with Gasteiger partial charge in [-0.1, -0.05) is 18.2 Å². The Hall–Kier alpha value is -2.67. The van der Waals surface area contributed by atoms with Gasteiger partial charge in [0, 0.05) is 24.6 Å². The van der Waals surface area contributed by atoms with E-state index in [2.05, 4.69) is 10.6 Å². The minimum Gasteiger partial charge on any atom is -0.326 e. The van der Waals surface area contributed by atoms with E-state index < -0.39 is 9.84 Å². The molecule has 0 atom stereocenters. The number of sulfone groups is 1. The van der Waals surface area contributed by atoms with Crippen LogP contribution in [-0.4, -0.2) is 26.5 Å². The SMILES string of the molecule is CC(=O)Nc1ccc(NC(=O)Cc2ccccc2S(C)(=O)=O)cc1. The van der Waals surface area contributed by atoms with Crippen LogP contribution in [0.25, 0.3) is 0 Å². The van der Waals surface area contributed by atoms with Crippen molar-refractivity contribution in [3.8, 4) is 0 Å². The van der Waals surface area contributed by atoms with Crippen LogP contribution in [0.2, 0.25) is 0 Å². The van der Waals surface area contributed by atoms with Gasteiger partial charge in [-0.15, -0.1) is 0 Å². The molecule has 0 aromatic heterocycles. The number of hydrogen-bond acceptors (Lipinski definition) is 4. The van der Waals surface area contributed by atoms with Crippen molar-refractivity contribution in [1.29, 1.82) is 0 Å². The van der Waals surface area contributed by atoms with Crippen LogP contribution in [0.15, 0.2) is 53.4 Å². The zero-order valence-corrected chi connectivity index (χ0v) is 14.2. The lowest BCUT2D eigenvalue weighted by Crippen LogP contribution is -2.16. The maximum Gasteiger partial charge on any atom is 0.228 e. The zero-order valence-electron chi connectivity index (χ0n) is 13.4. The molecule has 24 heavy (non-hydrogen) atoms. The number of anilines is 2. The molecule has 0 fully saturated rings. The Kier molecular flexibility index (Phi) is 5.35. The molecule has 0 aliphatic heterocycles.